The van der Waals surface area contributed by atoms with Gasteiger partial charge in [0, 0.05) is 12.1 Å². The summed E-state index contributed by atoms with van der Waals surface area (Å²) in [5.74, 6) is 1.59. The van der Waals surface area contributed by atoms with Crippen LogP contribution in [0.25, 0.3) is 0 Å². The molecule has 0 spiro atoms. The Bertz CT molecular complexity index is 635. The molecule has 2 aromatic rings. The summed E-state index contributed by atoms with van der Waals surface area (Å²) < 4.78 is 10.7. The Morgan fingerprint density at radius 1 is 0.960 bits per heavy atom. The van der Waals surface area contributed by atoms with Crippen molar-refractivity contribution in [3.8, 4) is 11.5 Å². The third-order valence-corrected chi connectivity index (χ3v) is 3.93. The standard InChI is InChI=1S/C21H27NO3/c1-3-4-6-17-8-10-18(11-9-17)22-21(23)7-5-16-25-20-14-12-19(24-2)13-15-20/h8-15H,3-7,16H2,1-2H3,(H,22,23). The van der Waals surface area contributed by atoms with Crippen LogP contribution < -0.4 is 14.8 Å². The van der Waals surface area contributed by atoms with Crippen LogP contribution in [0, 0.1) is 0 Å². The number of ether oxygens (including phenoxy) is 2. The summed E-state index contributed by atoms with van der Waals surface area (Å²) in [7, 11) is 1.63. The third-order valence-electron chi connectivity index (χ3n) is 3.93. The Labute approximate surface area is 150 Å². The molecule has 0 unspecified atom stereocenters. The second kappa shape index (κ2) is 10.4. The summed E-state index contributed by atoms with van der Waals surface area (Å²) in [4.78, 5) is 12.0. The Morgan fingerprint density at radius 2 is 1.64 bits per heavy atom. The van der Waals surface area contributed by atoms with Crippen LogP contribution in [0.5, 0.6) is 11.5 Å². The van der Waals surface area contributed by atoms with Crippen LogP contribution in [0.1, 0.15) is 38.2 Å². The average Bonchev–Trinajstić information content (AvgIpc) is 2.65. The Morgan fingerprint density at radius 3 is 2.28 bits per heavy atom. The maximum atomic E-state index is 12.0. The van der Waals surface area contributed by atoms with Gasteiger partial charge in [0.05, 0.1) is 13.7 Å². The van der Waals surface area contributed by atoms with Crippen LogP contribution >= 0.6 is 0 Å². The molecule has 0 aliphatic rings. The molecule has 0 atom stereocenters. The van der Waals surface area contributed by atoms with Crippen molar-refractivity contribution < 1.29 is 14.3 Å². The summed E-state index contributed by atoms with van der Waals surface area (Å²) in [6, 6.07) is 15.5. The lowest BCUT2D eigenvalue weighted by Gasteiger charge is -2.08. The molecule has 1 N–H and O–H groups in total. The fourth-order valence-corrected chi connectivity index (χ4v) is 2.45. The molecule has 2 rings (SSSR count). The monoisotopic (exact) mass is 341 g/mol. The van der Waals surface area contributed by atoms with Gasteiger partial charge < -0.3 is 14.8 Å². The molecular formula is C21H27NO3. The first-order valence-corrected chi connectivity index (χ1v) is 8.87. The molecule has 0 fully saturated rings. The van der Waals surface area contributed by atoms with Gasteiger partial charge in [0.15, 0.2) is 0 Å². The zero-order chi connectivity index (χ0) is 17.9. The van der Waals surface area contributed by atoms with Gasteiger partial charge in [-0.2, -0.15) is 0 Å². The molecule has 0 heterocycles. The van der Waals surface area contributed by atoms with Crippen LogP contribution in [0.2, 0.25) is 0 Å². The van der Waals surface area contributed by atoms with Gasteiger partial charge in [-0.3, -0.25) is 4.79 Å². The number of nitrogens with one attached hydrogen (secondary N) is 1. The highest BCUT2D eigenvalue weighted by Crippen LogP contribution is 2.17. The number of benzene rings is 2. The quantitative estimate of drug-likeness (QED) is 0.629. The zero-order valence-corrected chi connectivity index (χ0v) is 15.1. The first kappa shape index (κ1) is 18.8. The van der Waals surface area contributed by atoms with Crippen molar-refractivity contribution in [3.05, 3.63) is 54.1 Å². The predicted octanol–water partition coefficient (Wildman–Crippen LogP) is 4.84. The molecule has 0 bridgehead atoms. The third kappa shape index (κ3) is 6.87. The van der Waals surface area contributed by atoms with Gasteiger partial charge in [-0.15, -0.1) is 0 Å². The van der Waals surface area contributed by atoms with Gasteiger partial charge >= 0.3 is 0 Å². The van der Waals surface area contributed by atoms with E-state index in [2.05, 4.69) is 24.4 Å². The summed E-state index contributed by atoms with van der Waals surface area (Å²) in [5.41, 5.74) is 2.16. The number of amides is 1. The van der Waals surface area contributed by atoms with Gasteiger partial charge in [0.2, 0.25) is 5.91 Å². The summed E-state index contributed by atoms with van der Waals surface area (Å²) >= 11 is 0. The van der Waals surface area contributed by atoms with E-state index >= 15 is 0 Å². The summed E-state index contributed by atoms with van der Waals surface area (Å²) in [6.07, 6.45) is 4.59. The second-order valence-corrected chi connectivity index (χ2v) is 5.98. The molecule has 0 radical (unpaired) electrons. The first-order chi connectivity index (χ1) is 12.2. The van der Waals surface area contributed by atoms with Gasteiger partial charge in [-0.05, 0) is 61.2 Å². The molecule has 25 heavy (non-hydrogen) atoms. The Hall–Kier alpha value is -2.49. The van der Waals surface area contributed by atoms with Crippen molar-refractivity contribution >= 4 is 11.6 Å². The number of methoxy groups -OCH3 is 1. The maximum Gasteiger partial charge on any atom is 0.224 e. The fourth-order valence-electron chi connectivity index (χ4n) is 2.45. The van der Waals surface area contributed by atoms with Gasteiger partial charge in [-0.25, -0.2) is 0 Å². The molecule has 134 valence electrons. The number of unbranched alkanes of at least 4 members (excludes halogenated alkanes) is 1. The number of carbonyl (C=O) groups is 1. The van der Waals surface area contributed by atoms with Crippen LogP contribution in [-0.2, 0) is 11.2 Å². The topological polar surface area (TPSA) is 47.6 Å². The van der Waals surface area contributed by atoms with E-state index in [0.717, 1.165) is 23.6 Å². The lowest BCUT2D eigenvalue weighted by molar-refractivity contribution is -0.116. The predicted molar refractivity (Wildman–Crippen MR) is 101 cm³/mol. The number of carbonyl (C=O) groups excluding carboxylic acids is 1. The largest absolute Gasteiger partial charge is 0.497 e. The normalized spacial score (nSPS) is 10.3. The average molecular weight is 341 g/mol. The first-order valence-electron chi connectivity index (χ1n) is 8.87. The van der Waals surface area contributed by atoms with Crippen molar-refractivity contribution in [2.45, 2.75) is 39.0 Å². The summed E-state index contributed by atoms with van der Waals surface area (Å²) in [6.45, 7) is 2.70. The van der Waals surface area contributed by atoms with E-state index in [1.165, 1.54) is 18.4 Å². The lowest BCUT2D eigenvalue weighted by atomic mass is 10.1. The molecule has 1 amide bonds. The number of anilines is 1. The highest BCUT2D eigenvalue weighted by atomic mass is 16.5. The highest BCUT2D eigenvalue weighted by Gasteiger charge is 2.03. The molecule has 0 aliphatic carbocycles. The van der Waals surface area contributed by atoms with E-state index in [1.54, 1.807) is 7.11 Å². The van der Waals surface area contributed by atoms with E-state index in [-0.39, 0.29) is 5.91 Å². The van der Waals surface area contributed by atoms with Crippen molar-refractivity contribution in [2.75, 3.05) is 19.0 Å². The minimum atomic E-state index is 0.0136. The molecule has 2 aromatic carbocycles. The van der Waals surface area contributed by atoms with E-state index in [9.17, 15) is 4.79 Å². The van der Waals surface area contributed by atoms with Crippen molar-refractivity contribution in [3.63, 3.8) is 0 Å². The van der Waals surface area contributed by atoms with Crippen LogP contribution in [-0.4, -0.2) is 19.6 Å². The second-order valence-electron chi connectivity index (χ2n) is 5.98. The molecule has 4 nitrogen and oxygen atoms in total. The molecule has 0 aliphatic heterocycles. The lowest BCUT2D eigenvalue weighted by Crippen LogP contribution is -2.12. The van der Waals surface area contributed by atoms with Gasteiger partial charge in [0.1, 0.15) is 11.5 Å². The summed E-state index contributed by atoms with van der Waals surface area (Å²) in [5, 5.41) is 2.93. The minimum absolute atomic E-state index is 0.0136. The number of rotatable bonds is 10. The Balaban J connectivity index is 1.66. The number of aryl methyl sites for hydroxylation is 1. The zero-order valence-electron chi connectivity index (χ0n) is 15.1. The van der Waals surface area contributed by atoms with E-state index in [4.69, 9.17) is 9.47 Å². The highest BCUT2D eigenvalue weighted by molar-refractivity contribution is 5.90. The van der Waals surface area contributed by atoms with Gasteiger partial charge in [0.25, 0.3) is 0 Å². The van der Waals surface area contributed by atoms with Crippen molar-refractivity contribution in [1.29, 1.82) is 0 Å². The van der Waals surface area contributed by atoms with Crippen LogP contribution in [0.3, 0.4) is 0 Å². The minimum Gasteiger partial charge on any atom is -0.497 e. The van der Waals surface area contributed by atoms with E-state index in [1.807, 2.05) is 36.4 Å². The molecule has 0 aromatic heterocycles. The molecule has 0 saturated carbocycles. The SMILES string of the molecule is CCCCc1ccc(NC(=O)CCCOc2ccc(OC)cc2)cc1. The van der Waals surface area contributed by atoms with Crippen molar-refractivity contribution in [1.82, 2.24) is 0 Å². The van der Waals surface area contributed by atoms with Crippen LogP contribution in [0.15, 0.2) is 48.5 Å². The van der Waals surface area contributed by atoms with Crippen molar-refractivity contribution in [2.24, 2.45) is 0 Å². The Kier molecular flexibility index (Phi) is 7.83. The van der Waals surface area contributed by atoms with Crippen LogP contribution in [0.4, 0.5) is 5.69 Å². The smallest absolute Gasteiger partial charge is 0.224 e. The number of hydrogen-bond donors (Lipinski definition) is 1. The fraction of sp³-hybridized carbons (Fsp3) is 0.381. The van der Waals surface area contributed by atoms with Gasteiger partial charge in [-0.1, -0.05) is 25.5 Å². The number of hydrogen-bond acceptors (Lipinski definition) is 3. The molecule has 4 heteroatoms. The molecule has 0 saturated heterocycles. The van der Waals surface area contributed by atoms with E-state index in [0.29, 0.717) is 19.4 Å². The maximum absolute atomic E-state index is 12.0. The molecular weight excluding hydrogens is 314 g/mol. The van der Waals surface area contributed by atoms with E-state index < -0.39 is 0 Å².